The number of hydrogen-bond acceptors (Lipinski definition) is 2. The fraction of sp³-hybridized carbons (Fsp3) is 0.0667. The number of rotatable bonds is 3. The molecule has 1 heterocycles. The van der Waals surface area contributed by atoms with Crippen LogP contribution >= 0.6 is 0 Å². The van der Waals surface area contributed by atoms with Crippen molar-refractivity contribution < 1.29 is 4.79 Å². The van der Waals surface area contributed by atoms with E-state index in [1.54, 1.807) is 30.6 Å². The van der Waals surface area contributed by atoms with E-state index < -0.39 is 0 Å². The molecule has 0 aliphatic carbocycles. The van der Waals surface area contributed by atoms with E-state index in [4.69, 9.17) is 0 Å². The molecule has 0 atom stereocenters. The Hall–Kier alpha value is -2.22. The third-order valence-electron chi connectivity index (χ3n) is 2.43. The van der Waals surface area contributed by atoms with Crippen LogP contribution in [0.2, 0.25) is 0 Å². The highest BCUT2D eigenvalue weighted by Crippen LogP contribution is 2.07. The predicted molar refractivity (Wildman–Crippen MR) is 68.8 cm³/mol. The molecule has 0 amide bonds. The van der Waals surface area contributed by atoms with Gasteiger partial charge in [0.15, 0.2) is 5.78 Å². The summed E-state index contributed by atoms with van der Waals surface area (Å²) in [4.78, 5) is 15.7. The molecule has 1 aromatic carbocycles. The number of carbonyl (C=O) groups is 1. The molecule has 0 aliphatic heterocycles. The van der Waals surface area contributed by atoms with E-state index in [9.17, 15) is 4.79 Å². The first-order valence-electron chi connectivity index (χ1n) is 5.45. The normalized spacial score (nSPS) is 10.6. The molecule has 17 heavy (non-hydrogen) atoms. The average Bonchev–Trinajstić information content (AvgIpc) is 2.37. The maximum atomic E-state index is 11.8. The van der Waals surface area contributed by atoms with Crippen LogP contribution in [0.15, 0.2) is 54.9 Å². The fourth-order valence-electron chi connectivity index (χ4n) is 1.56. The summed E-state index contributed by atoms with van der Waals surface area (Å²) < 4.78 is 0. The van der Waals surface area contributed by atoms with Crippen molar-refractivity contribution in [3.63, 3.8) is 0 Å². The van der Waals surface area contributed by atoms with Gasteiger partial charge in [0.25, 0.3) is 0 Å². The SMILES string of the molecule is Cc1cccc(/C=C/C(=O)c2ccncc2)c1. The number of pyridine rings is 1. The fourth-order valence-corrected chi connectivity index (χ4v) is 1.56. The van der Waals surface area contributed by atoms with Crippen molar-refractivity contribution in [2.45, 2.75) is 6.92 Å². The minimum absolute atomic E-state index is 0.00564. The zero-order valence-electron chi connectivity index (χ0n) is 9.63. The van der Waals surface area contributed by atoms with Gasteiger partial charge in [0.05, 0.1) is 0 Å². The van der Waals surface area contributed by atoms with Gasteiger partial charge in [0.1, 0.15) is 0 Å². The number of aryl methyl sites for hydroxylation is 1. The summed E-state index contributed by atoms with van der Waals surface area (Å²) in [6.45, 7) is 2.03. The van der Waals surface area contributed by atoms with Crippen molar-refractivity contribution in [2.75, 3.05) is 0 Å². The lowest BCUT2D eigenvalue weighted by molar-refractivity contribution is 0.104. The van der Waals surface area contributed by atoms with Crippen LogP contribution in [0.25, 0.3) is 6.08 Å². The molecule has 0 N–H and O–H groups in total. The number of carbonyl (C=O) groups excluding carboxylic acids is 1. The lowest BCUT2D eigenvalue weighted by atomic mass is 10.1. The van der Waals surface area contributed by atoms with Gasteiger partial charge in [-0.1, -0.05) is 35.9 Å². The molecule has 0 saturated heterocycles. The highest BCUT2D eigenvalue weighted by molar-refractivity contribution is 6.06. The summed E-state index contributed by atoms with van der Waals surface area (Å²) in [6, 6.07) is 11.4. The molecule has 84 valence electrons. The summed E-state index contributed by atoms with van der Waals surface area (Å²) in [5.74, 6) is -0.00564. The van der Waals surface area contributed by atoms with Crippen molar-refractivity contribution in [1.82, 2.24) is 4.98 Å². The van der Waals surface area contributed by atoms with E-state index in [0.717, 1.165) is 5.56 Å². The second kappa shape index (κ2) is 5.21. The number of ketones is 1. The van der Waals surface area contributed by atoms with Crippen LogP contribution in [0, 0.1) is 6.92 Å². The largest absolute Gasteiger partial charge is 0.289 e. The van der Waals surface area contributed by atoms with Gasteiger partial charge in [-0.15, -0.1) is 0 Å². The van der Waals surface area contributed by atoms with Crippen LogP contribution in [-0.4, -0.2) is 10.8 Å². The molecule has 0 unspecified atom stereocenters. The molecule has 0 radical (unpaired) electrons. The van der Waals surface area contributed by atoms with Gasteiger partial charge in [-0.05, 0) is 30.7 Å². The van der Waals surface area contributed by atoms with Crippen LogP contribution in [0.3, 0.4) is 0 Å². The van der Waals surface area contributed by atoms with Gasteiger partial charge in [0, 0.05) is 18.0 Å². The van der Waals surface area contributed by atoms with Crippen LogP contribution in [0.5, 0.6) is 0 Å². The van der Waals surface area contributed by atoms with Crippen molar-refractivity contribution in [3.8, 4) is 0 Å². The Bertz CT molecular complexity index is 544. The Labute approximate surface area is 101 Å². The summed E-state index contributed by atoms with van der Waals surface area (Å²) in [7, 11) is 0. The lowest BCUT2D eigenvalue weighted by Gasteiger charge is -1.96. The molecule has 2 nitrogen and oxygen atoms in total. The highest BCUT2D eigenvalue weighted by Gasteiger charge is 1.99. The second-order valence-corrected chi connectivity index (χ2v) is 3.85. The predicted octanol–water partition coefficient (Wildman–Crippen LogP) is 3.29. The Morgan fingerprint density at radius 2 is 1.94 bits per heavy atom. The quantitative estimate of drug-likeness (QED) is 0.590. The average molecular weight is 223 g/mol. The van der Waals surface area contributed by atoms with Gasteiger partial charge in [-0.25, -0.2) is 0 Å². The van der Waals surface area contributed by atoms with Gasteiger partial charge < -0.3 is 0 Å². The number of aromatic nitrogens is 1. The molecule has 1 aromatic heterocycles. The molecule has 2 heteroatoms. The van der Waals surface area contributed by atoms with Gasteiger partial charge in [-0.3, -0.25) is 9.78 Å². The van der Waals surface area contributed by atoms with Crippen molar-refractivity contribution in [2.24, 2.45) is 0 Å². The Kier molecular flexibility index (Phi) is 3.46. The third kappa shape index (κ3) is 3.11. The summed E-state index contributed by atoms with van der Waals surface area (Å²) in [5.41, 5.74) is 2.87. The van der Waals surface area contributed by atoms with E-state index in [1.807, 2.05) is 37.3 Å². The zero-order chi connectivity index (χ0) is 12.1. The minimum Gasteiger partial charge on any atom is -0.289 e. The number of nitrogens with zero attached hydrogens (tertiary/aromatic N) is 1. The van der Waals surface area contributed by atoms with Gasteiger partial charge in [-0.2, -0.15) is 0 Å². The zero-order valence-corrected chi connectivity index (χ0v) is 9.63. The lowest BCUT2D eigenvalue weighted by Crippen LogP contribution is -1.93. The van der Waals surface area contributed by atoms with E-state index in [2.05, 4.69) is 4.98 Å². The van der Waals surface area contributed by atoms with Crippen LogP contribution < -0.4 is 0 Å². The van der Waals surface area contributed by atoms with Crippen molar-refractivity contribution in [3.05, 3.63) is 71.6 Å². The smallest absolute Gasteiger partial charge is 0.185 e. The molecule has 2 rings (SSSR count). The first-order chi connectivity index (χ1) is 8.25. The number of hydrogen-bond donors (Lipinski definition) is 0. The van der Waals surface area contributed by atoms with Crippen LogP contribution in [0.1, 0.15) is 21.5 Å². The van der Waals surface area contributed by atoms with E-state index in [-0.39, 0.29) is 5.78 Å². The van der Waals surface area contributed by atoms with E-state index in [1.165, 1.54) is 5.56 Å². The summed E-state index contributed by atoms with van der Waals surface area (Å²) >= 11 is 0. The highest BCUT2D eigenvalue weighted by atomic mass is 16.1. The minimum atomic E-state index is -0.00564. The molecule has 2 aromatic rings. The first kappa shape index (κ1) is 11.3. The molecular weight excluding hydrogens is 210 g/mol. The molecule has 0 aliphatic rings. The monoisotopic (exact) mass is 223 g/mol. The molecule has 0 spiro atoms. The van der Waals surface area contributed by atoms with Crippen LogP contribution in [-0.2, 0) is 0 Å². The maximum absolute atomic E-state index is 11.8. The Morgan fingerprint density at radius 1 is 1.18 bits per heavy atom. The second-order valence-electron chi connectivity index (χ2n) is 3.85. The number of benzene rings is 1. The molecule has 0 saturated carbocycles. The number of allylic oxidation sites excluding steroid dienone is 1. The molecule has 0 bridgehead atoms. The Morgan fingerprint density at radius 3 is 2.65 bits per heavy atom. The molecule has 0 fully saturated rings. The van der Waals surface area contributed by atoms with E-state index in [0.29, 0.717) is 5.56 Å². The standard InChI is InChI=1S/C15H13NO/c1-12-3-2-4-13(11-12)5-6-15(17)14-7-9-16-10-8-14/h2-11H,1H3/b6-5+. The topological polar surface area (TPSA) is 30.0 Å². The summed E-state index contributed by atoms with van der Waals surface area (Å²) in [6.07, 6.45) is 6.65. The van der Waals surface area contributed by atoms with Crippen molar-refractivity contribution in [1.29, 1.82) is 0 Å². The Balaban J connectivity index is 2.14. The third-order valence-corrected chi connectivity index (χ3v) is 2.43. The van der Waals surface area contributed by atoms with Crippen LogP contribution in [0.4, 0.5) is 0 Å². The maximum Gasteiger partial charge on any atom is 0.185 e. The summed E-state index contributed by atoms with van der Waals surface area (Å²) in [5, 5.41) is 0. The molecular formula is C15H13NO. The van der Waals surface area contributed by atoms with Crippen molar-refractivity contribution >= 4 is 11.9 Å². The van der Waals surface area contributed by atoms with E-state index >= 15 is 0 Å². The first-order valence-corrected chi connectivity index (χ1v) is 5.45. The van der Waals surface area contributed by atoms with Gasteiger partial charge in [0.2, 0.25) is 0 Å². The van der Waals surface area contributed by atoms with Gasteiger partial charge >= 0.3 is 0 Å².